The van der Waals surface area contributed by atoms with Crippen LogP contribution in [0.1, 0.15) is 18.4 Å². The zero-order valence-corrected chi connectivity index (χ0v) is 11.0. The van der Waals surface area contributed by atoms with Gasteiger partial charge in [-0.2, -0.15) is 0 Å². The Morgan fingerprint density at radius 2 is 2.12 bits per heavy atom. The molecule has 0 radical (unpaired) electrons. The number of thioether (sulfide) groups is 1. The zero-order chi connectivity index (χ0) is 12.1. The topological polar surface area (TPSA) is 35.2 Å². The van der Waals surface area contributed by atoms with Crippen LogP contribution in [-0.4, -0.2) is 18.4 Å². The van der Waals surface area contributed by atoms with E-state index in [1.54, 1.807) is 0 Å². The fraction of sp³-hybridized carbons (Fsp3) is 0.429. The summed E-state index contributed by atoms with van der Waals surface area (Å²) in [6.07, 6.45) is 4.02. The summed E-state index contributed by atoms with van der Waals surface area (Å²) < 4.78 is 5.32. The summed E-state index contributed by atoms with van der Waals surface area (Å²) in [5.41, 5.74) is 8.70. The molecule has 0 aliphatic carbocycles. The predicted molar refractivity (Wildman–Crippen MR) is 73.1 cm³/mol. The molecule has 0 bridgehead atoms. The lowest BCUT2D eigenvalue weighted by molar-refractivity contribution is 0.222. The Morgan fingerprint density at radius 3 is 2.76 bits per heavy atom. The molecule has 0 fully saturated rings. The van der Waals surface area contributed by atoms with Crippen LogP contribution in [-0.2, 0) is 4.74 Å². The molecule has 1 aliphatic heterocycles. The summed E-state index contributed by atoms with van der Waals surface area (Å²) >= 11 is 1.81. The molecule has 2 rings (SSSR count). The highest BCUT2D eigenvalue weighted by Gasteiger charge is 2.13. The molecule has 2 nitrogen and oxygen atoms in total. The zero-order valence-electron chi connectivity index (χ0n) is 10.2. The van der Waals surface area contributed by atoms with Crippen LogP contribution >= 0.6 is 11.8 Å². The molecule has 1 aromatic carbocycles. The first kappa shape index (κ1) is 12.5. The molecule has 0 saturated carbocycles. The van der Waals surface area contributed by atoms with Crippen molar-refractivity contribution in [2.75, 3.05) is 12.4 Å². The first-order valence-electron chi connectivity index (χ1n) is 6.01. The Balaban J connectivity index is 1.85. The first-order valence-corrected chi connectivity index (χ1v) is 7.00. The van der Waals surface area contributed by atoms with Crippen LogP contribution in [0.15, 0.2) is 41.0 Å². The summed E-state index contributed by atoms with van der Waals surface area (Å²) in [6.45, 7) is 2.94. The van der Waals surface area contributed by atoms with Crippen LogP contribution in [0.3, 0.4) is 0 Å². The monoisotopic (exact) mass is 249 g/mol. The van der Waals surface area contributed by atoms with Crippen molar-refractivity contribution in [3.05, 3.63) is 41.7 Å². The summed E-state index contributed by atoms with van der Waals surface area (Å²) in [5, 5.41) is 0. The van der Waals surface area contributed by atoms with Gasteiger partial charge in [0.25, 0.3) is 0 Å². The van der Waals surface area contributed by atoms with Crippen molar-refractivity contribution in [2.24, 2.45) is 5.73 Å². The van der Waals surface area contributed by atoms with Crippen molar-refractivity contribution < 1.29 is 4.74 Å². The molecular formula is C14H19NOS. The number of nitrogens with two attached hydrogens (primary N) is 1. The Hall–Kier alpha value is -0.930. The van der Waals surface area contributed by atoms with Crippen molar-refractivity contribution >= 4 is 11.8 Å². The highest BCUT2D eigenvalue weighted by atomic mass is 32.2. The standard InChI is InChI=1S/C14H19NOS/c1-11-4-6-13(7-5-11)17-10-14(15)12-3-2-8-16-9-12/h4-7,9,14H,2-3,8,10,15H2,1H3. The second-order valence-electron chi connectivity index (χ2n) is 4.40. The van der Waals surface area contributed by atoms with E-state index >= 15 is 0 Å². The summed E-state index contributed by atoms with van der Waals surface area (Å²) in [4.78, 5) is 1.28. The molecule has 1 heterocycles. The van der Waals surface area contributed by atoms with Crippen LogP contribution in [0.25, 0.3) is 0 Å². The van der Waals surface area contributed by atoms with E-state index in [0.717, 1.165) is 25.2 Å². The smallest absolute Gasteiger partial charge is 0.0876 e. The molecule has 1 atom stereocenters. The van der Waals surface area contributed by atoms with Gasteiger partial charge in [0, 0.05) is 16.7 Å². The van der Waals surface area contributed by atoms with E-state index in [2.05, 4.69) is 31.2 Å². The van der Waals surface area contributed by atoms with Crippen molar-refractivity contribution in [3.8, 4) is 0 Å². The van der Waals surface area contributed by atoms with Crippen LogP contribution in [0.2, 0.25) is 0 Å². The van der Waals surface area contributed by atoms with E-state index in [0.29, 0.717) is 0 Å². The minimum atomic E-state index is 0.113. The molecule has 1 unspecified atom stereocenters. The molecule has 2 N–H and O–H groups in total. The van der Waals surface area contributed by atoms with Crippen LogP contribution in [0.4, 0.5) is 0 Å². The third-order valence-electron chi connectivity index (χ3n) is 2.89. The van der Waals surface area contributed by atoms with Crippen molar-refractivity contribution in [1.29, 1.82) is 0 Å². The van der Waals surface area contributed by atoms with Gasteiger partial charge in [-0.1, -0.05) is 17.7 Å². The molecule has 92 valence electrons. The molecule has 0 saturated heterocycles. The molecule has 1 aromatic rings. The average Bonchev–Trinajstić information content (AvgIpc) is 2.39. The second-order valence-corrected chi connectivity index (χ2v) is 5.49. The third kappa shape index (κ3) is 3.79. The van der Waals surface area contributed by atoms with Crippen molar-refractivity contribution in [3.63, 3.8) is 0 Å². The van der Waals surface area contributed by atoms with E-state index in [9.17, 15) is 0 Å². The molecule has 1 aliphatic rings. The second kappa shape index (κ2) is 6.12. The van der Waals surface area contributed by atoms with Gasteiger partial charge < -0.3 is 10.5 Å². The Labute approximate surface area is 107 Å². The van der Waals surface area contributed by atoms with E-state index in [4.69, 9.17) is 10.5 Å². The van der Waals surface area contributed by atoms with E-state index in [-0.39, 0.29) is 6.04 Å². The Kier molecular flexibility index (Phi) is 4.51. The number of benzene rings is 1. The summed E-state index contributed by atoms with van der Waals surface area (Å²) in [6, 6.07) is 8.69. The van der Waals surface area contributed by atoms with Crippen molar-refractivity contribution in [1.82, 2.24) is 0 Å². The number of hydrogen-bond donors (Lipinski definition) is 1. The molecule has 0 amide bonds. The number of hydrogen-bond acceptors (Lipinski definition) is 3. The maximum atomic E-state index is 6.16. The van der Waals surface area contributed by atoms with Crippen LogP contribution in [0.5, 0.6) is 0 Å². The summed E-state index contributed by atoms with van der Waals surface area (Å²) in [7, 11) is 0. The third-order valence-corrected chi connectivity index (χ3v) is 4.02. The van der Waals surface area contributed by atoms with Gasteiger partial charge >= 0.3 is 0 Å². The van der Waals surface area contributed by atoms with Crippen molar-refractivity contribution in [2.45, 2.75) is 30.7 Å². The highest BCUT2D eigenvalue weighted by Crippen LogP contribution is 2.23. The molecule has 0 spiro atoms. The van der Waals surface area contributed by atoms with Gasteiger partial charge in [-0.25, -0.2) is 0 Å². The Bertz CT molecular complexity index is 386. The maximum Gasteiger partial charge on any atom is 0.0876 e. The fourth-order valence-corrected chi connectivity index (χ4v) is 2.70. The molecule has 3 heteroatoms. The normalized spacial score (nSPS) is 17.2. The molecule has 17 heavy (non-hydrogen) atoms. The first-order chi connectivity index (χ1) is 8.25. The van der Waals surface area contributed by atoms with Gasteiger partial charge in [-0.05, 0) is 37.5 Å². The lowest BCUT2D eigenvalue weighted by Crippen LogP contribution is -2.27. The fourth-order valence-electron chi connectivity index (χ4n) is 1.78. The van der Waals surface area contributed by atoms with E-state index in [1.165, 1.54) is 16.0 Å². The maximum absolute atomic E-state index is 6.16. The van der Waals surface area contributed by atoms with Crippen LogP contribution < -0.4 is 5.73 Å². The number of aryl methyl sites for hydroxylation is 1. The molecule has 0 aromatic heterocycles. The van der Waals surface area contributed by atoms with Gasteiger partial charge in [0.05, 0.1) is 12.9 Å². The lowest BCUT2D eigenvalue weighted by atomic mass is 10.0. The minimum absolute atomic E-state index is 0.113. The van der Waals surface area contributed by atoms with Gasteiger partial charge in [-0.3, -0.25) is 0 Å². The van der Waals surface area contributed by atoms with Crippen LogP contribution in [0, 0.1) is 6.92 Å². The van der Waals surface area contributed by atoms with Gasteiger partial charge in [0.15, 0.2) is 0 Å². The highest BCUT2D eigenvalue weighted by molar-refractivity contribution is 7.99. The summed E-state index contributed by atoms with van der Waals surface area (Å²) in [5.74, 6) is 0.915. The largest absolute Gasteiger partial charge is 0.501 e. The van der Waals surface area contributed by atoms with Gasteiger partial charge in [0.1, 0.15) is 0 Å². The van der Waals surface area contributed by atoms with Gasteiger partial charge in [0.2, 0.25) is 0 Å². The predicted octanol–water partition coefficient (Wildman–Crippen LogP) is 3.11. The number of rotatable bonds is 4. The Morgan fingerprint density at radius 1 is 1.35 bits per heavy atom. The minimum Gasteiger partial charge on any atom is -0.501 e. The SMILES string of the molecule is Cc1ccc(SCC(N)C2=COCCC2)cc1. The molecular weight excluding hydrogens is 230 g/mol. The number of ether oxygens (including phenoxy) is 1. The average molecular weight is 249 g/mol. The van der Waals surface area contributed by atoms with Gasteiger partial charge in [-0.15, -0.1) is 11.8 Å². The van der Waals surface area contributed by atoms with E-state index in [1.807, 2.05) is 18.0 Å². The lowest BCUT2D eigenvalue weighted by Gasteiger charge is -2.19. The quantitative estimate of drug-likeness (QED) is 0.833. The van der Waals surface area contributed by atoms with E-state index < -0.39 is 0 Å².